The van der Waals surface area contributed by atoms with Crippen molar-refractivity contribution in [1.82, 2.24) is 4.98 Å². The molecule has 0 aliphatic rings. The topological polar surface area (TPSA) is 65.9 Å². The number of thiazole rings is 1. The van der Waals surface area contributed by atoms with Gasteiger partial charge in [-0.15, -0.1) is 11.3 Å². The number of aromatic nitrogens is 1. The van der Waals surface area contributed by atoms with Crippen molar-refractivity contribution >= 4 is 22.7 Å². The second-order valence-electron chi connectivity index (χ2n) is 4.10. The average Bonchev–Trinajstić information content (AvgIpc) is 2.74. The number of aryl methyl sites for hydroxylation is 1. The van der Waals surface area contributed by atoms with E-state index in [2.05, 4.69) is 21.3 Å². The smallest absolute Gasteiger partial charge is 0.101 e. The largest absolute Gasteiger partial charge is 0.398 e. The number of hydrogen-bond acceptors (Lipinski definition) is 5. The lowest BCUT2D eigenvalue weighted by atomic mass is 10.1. The molecule has 0 saturated heterocycles. The molecule has 1 aromatic carbocycles. The summed E-state index contributed by atoms with van der Waals surface area (Å²) in [5.74, 6) is 0. The SMILES string of the molecule is Cc1nc(CN(C)c2ccc(C#N)c(N)c2)cs1. The van der Waals surface area contributed by atoms with Crippen LogP contribution in [-0.4, -0.2) is 12.0 Å². The summed E-state index contributed by atoms with van der Waals surface area (Å²) in [6, 6.07) is 7.52. The van der Waals surface area contributed by atoms with Crippen LogP contribution >= 0.6 is 11.3 Å². The predicted octanol–water partition coefficient (Wildman–Crippen LogP) is 2.54. The van der Waals surface area contributed by atoms with Gasteiger partial charge in [-0.05, 0) is 25.1 Å². The fraction of sp³-hybridized carbons (Fsp3) is 0.231. The van der Waals surface area contributed by atoms with Crippen LogP contribution in [0.25, 0.3) is 0 Å². The first kappa shape index (κ1) is 12.4. The molecule has 18 heavy (non-hydrogen) atoms. The molecule has 0 spiro atoms. The Balaban J connectivity index is 2.16. The van der Waals surface area contributed by atoms with Crippen molar-refractivity contribution in [2.24, 2.45) is 0 Å². The van der Waals surface area contributed by atoms with E-state index in [-0.39, 0.29) is 0 Å². The molecule has 5 heteroatoms. The minimum absolute atomic E-state index is 0.510. The Hall–Kier alpha value is -2.06. The van der Waals surface area contributed by atoms with Crippen molar-refractivity contribution in [1.29, 1.82) is 5.26 Å². The highest BCUT2D eigenvalue weighted by Gasteiger charge is 2.07. The molecule has 1 heterocycles. The van der Waals surface area contributed by atoms with Gasteiger partial charge in [0.05, 0.1) is 28.5 Å². The number of hydrogen-bond donors (Lipinski definition) is 1. The van der Waals surface area contributed by atoms with E-state index in [1.54, 1.807) is 17.4 Å². The monoisotopic (exact) mass is 258 g/mol. The lowest BCUT2D eigenvalue weighted by Crippen LogP contribution is -2.16. The number of nitrogen functional groups attached to an aromatic ring is 1. The van der Waals surface area contributed by atoms with Crippen molar-refractivity contribution in [2.75, 3.05) is 17.7 Å². The molecule has 2 aromatic rings. The van der Waals surface area contributed by atoms with E-state index in [1.807, 2.05) is 26.1 Å². The molecule has 1 aromatic heterocycles. The highest BCUT2D eigenvalue weighted by atomic mass is 32.1. The number of nitrogens with two attached hydrogens (primary N) is 1. The van der Waals surface area contributed by atoms with E-state index in [0.29, 0.717) is 11.3 Å². The summed E-state index contributed by atoms with van der Waals surface area (Å²) in [7, 11) is 1.98. The van der Waals surface area contributed by atoms with E-state index in [9.17, 15) is 0 Å². The number of nitriles is 1. The van der Waals surface area contributed by atoms with Crippen LogP contribution in [0.2, 0.25) is 0 Å². The molecule has 0 fully saturated rings. The maximum Gasteiger partial charge on any atom is 0.101 e. The highest BCUT2D eigenvalue weighted by Crippen LogP contribution is 2.21. The fourth-order valence-electron chi connectivity index (χ4n) is 1.70. The maximum absolute atomic E-state index is 8.83. The van der Waals surface area contributed by atoms with Gasteiger partial charge in [0.1, 0.15) is 6.07 Å². The van der Waals surface area contributed by atoms with Gasteiger partial charge in [-0.25, -0.2) is 4.98 Å². The van der Waals surface area contributed by atoms with Crippen LogP contribution < -0.4 is 10.6 Å². The number of benzene rings is 1. The zero-order valence-electron chi connectivity index (χ0n) is 10.3. The molecule has 0 aliphatic carbocycles. The van der Waals surface area contributed by atoms with Crippen LogP contribution in [0.15, 0.2) is 23.6 Å². The molecule has 92 valence electrons. The predicted molar refractivity (Wildman–Crippen MR) is 74.5 cm³/mol. The Kier molecular flexibility index (Phi) is 3.49. The van der Waals surface area contributed by atoms with Gasteiger partial charge in [-0.2, -0.15) is 5.26 Å². The van der Waals surface area contributed by atoms with Gasteiger partial charge in [0, 0.05) is 18.1 Å². The minimum Gasteiger partial charge on any atom is -0.398 e. The van der Waals surface area contributed by atoms with Gasteiger partial charge in [0.2, 0.25) is 0 Å². The molecule has 0 bridgehead atoms. The number of nitrogens with zero attached hydrogens (tertiary/aromatic N) is 3. The summed E-state index contributed by atoms with van der Waals surface area (Å²) < 4.78 is 0. The molecule has 0 aliphatic heterocycles. The van der Waals surface area contributed by atoms with Gasteiger partial charge in [0.15, 0.2) is 0 Å². The van der Waals surface area contributed by atoms with E-state index >= 15 is 0 Å². The van der Waals surface area contributed by atoms with E-state index < -0.39 is 0 Å². The van der Waals surface area contributed by atoms with Crippen molar-refractivity contribution in [3.05, 3.63) is 39.8 Å². The van der Waals surface area contributed by atoms with Gasteiger partial charge < -0.3 is 10.6 Å². The quantitative estimate of drug-likeness (QED) is 0.859. The molecule has 2 N–H and O–H groups in total. The summed E-state index contributed by atoms with van der Waals surface area (Å²) in [6.07, 6.45) is 0. The normalized spacial score (nSPS) is 10.1. The average molecular weight is 258 g/mol. The molecule has 4 nitrogen and oxygen atoms in total. The molecule has 0 amide bonds. The van der Waals surface area contributed by atoms with E-state index in [4.69, 9.17) is 11.0 Å². The third-order valence-corrected chi connectivity index (χ3v) is 3.48. The van der Waals surface area contributed by atoms with Crippen molar-refractivity contribution in [2.45, 2.75) is 13.5 Å². The Morgan fingerprint density at radius 2 is 2.28 bits per heavy atom. The third-order valence-electron chi connectivity index (χ3n) is 2.66. The minimum atomic E-state index is 0.510. The summed E-state index contributed by atoms with van der Waals surface area (Å²) in [6.45, 7) is 2.73. The van der Waals surface area contributed by atoms with Gasteiger partial charge in [0.25, 0.3) is 0 Å². The summed E-state index contributed by atoms with van der Waals surface area (Å²) in [5, 5.41) is 12.0. The highest BCUT2D eigenvalue weighted by molar-refractivity contribution is 7.09. The molecular formula is C13H14N4S. The summed E-state index contributed by atoms with van der Waals surface area (Å²) in [4.78, 5) is 6.49. The van der Waals surface area contributed by atoms with Crippen LogP contribution in [0.1, 0.15) is 16.3 Å². The van der Waals surface area contributed by atoms with Gasteiger partial charge in [-0.1, -0.05) is 0 Å². The standard InChI is InChI=1S/C13H14N4S/c1-9-16-11(8-18-9)7-17(2)12-4-3-10(6-14)13(15)5-12/h3-5,8H,7,15H2,1-2H3. The van der Waals surface area contributed by atoms with Crippen LogP contribution in [0.3, 0.4) is 0 Å². The lowest BCUT2D eigenvalue weighted by molar-refractivity contribution is 0.890. The second kappa shape index (κ2) is 5.07. The fourth-order valence-corrected chi connectivity index (χ4v) is 2.31. The van der Waals surface area contributed by atoms with Crippen LogP contribution in [0.5, 0.6) is 0 Å². The molecule has 0 atom stereocenters. The Labute approximate surface area is 110 Å². The van der Waals surface area contributed by atoms with Gasteiger partial charge >= 0.3 is 0 Å². The first-order valence-corrected chi connectivity index (χ1v) is 6.40. The van der Waals surface area contributed by atoms with Crippen LogP contribution in [0.4, 0.5) is 11.4 Å². The Morgan fingerprint density at radius 3 is 2.83 bits per heavy atom. The van der Waals surface area contributed by atoms with Crippen molar-refractivity contribution < 1.29 is 0 Å². The van der Waals surface area contributed by atoms with Crippen molar-refractivity contribution in [3.63, 3.8) is 0 Å². The van der Waals surface area contributed by atoms with Crippen molar-refractivity contribution in [3.8, 4) is 6.07 Å². The molecule has 0 radical (unpaired) electrons. The maximum atomic E-state index is 8.83. The van der Waals surface area contributed by atoms with Gasteiger partial charge in [-0.3, -0.25) is 0 Å². The first-order chi connectivity index (χ1) is 8.60. The van der Waals surface area contributed by atoms with E-state index in [0.717, 1.165) is 22.9 Å². The Morgan fingerprint density at radius 1 is 1.50 bits per heavy atom. The third kappa shape index (κ3) is 2.60. The number of rotatable bonds is 3. The lowest BCUT2D eigenvalue weighted by Gasteiger charge is -2.18. The van der Waals surface area contributed by atoms with Crippen LogP contribution in [-0.2, 0) is 6.54 Å². The Bertz CT molecular complexity index is 597. The van der Waals surface area contributed by atoms with Crippen LogP contribution in [0, 0.1) is 18.3 Å². The molecule has 2 rings (SSSR count). The molecule has 0 saturated carbocycles. The van der Waals surface area contributed by atoms with E-state index in [1.165, 1.54) is 0 Å². The zero-order chi connectivity index (χ0) is 13.1. The first-order valence-electron chi connectivity index (χ1n) is 5.52. The summed E-state index contributed by atoms with van der Waals surface area (Å²) >= 11 is 1.65. The molecular weight excluding hydrogens is 244 g/mol. The number of anilines is 2. The molecule has 0 unspecified atom stereocenters. The zero-order valence-corrected chi connectivity index (χ0v) is 11.2. The second-order valence-corrected chi connectivity index (χ2v) is 5.16. The summed E-state index contributed by atoms with van der Waals surface area (Å²) in [5.41, 5.74) is 8.85.